The fourth-order valence-electron chi connectivity index (χ4n) is 2.59. The lowest BCUT2D eigenvalue weighted by Gasteiger charge is -2.26. The predicted molar refractivity (Wildman–Crippen MR) is 114 cm³/mol. The first-order valence-electron chi connectivity index (χ1n) is 8.89. The molecule has 1 heterocycles. The second-order valence-corrected chi connectivity index (χ2v) is 7.10. The molecule has 0 aliphatic heterocycles. The van der Waals surface area contributed by atoms with E-state index in [4.69, 9.17) is 0 Å². The van der Waals surface area contributed by atoms with Crippen LogP contribution in [0.1, 0.15) is 58.4 Å². The molecule has 24 heavy (non-hydrogen) atoms. The third kappa shape index (κ3) is 10.2. The van der Waals surface area contributed by atoms with Crippen LogP contribution in [0.4, 0.5) is 0 Å². The van der Waals surface area contributed by atoms with Crippen molar-refractivity contribution < 1.29 is 0 Å². The van der Waals surface area contributed by atoms with E-state index in [2.05, 4.69) is 47.7 Å². The number of rotatable bonds is 10. The normalized spacial score (nSPS) is 12.0. The van der Waals surface area contributed by atoms with E-state index in [9.17, 15) is 0 Å². The van der Waals surface area contributed by atoms with Gasteiger partial charge in [-0.15, -0.1) is 24.0 Å². The number of aryl methyl sites for hydroxylation is 2. The maximum absolute atomic E-state index is 4.31. The van der Waals surface area contributed by atoms with Gasteiger partial charge in [0.2, 0.25) is 0 Å². The van der Waals surface area contributed by atoms with Crippen LogP contribution < -0.4 is 10.6 Å². The molecule has 0 spiro atoms. The van der Waals surface area contributed by atoms with Crippen LogP contribution >= 0.6 is 24.0 Å². The zero-order valence-corrected chi connectivity index (χ0v) is 18.4. The van der Waals surface area contributed by atoms with Crippen molar-refractivity contribution in [2.24, 2.45) is 17.5 Å². The average Bonchev–Trinajstić information content (AvgIpc) is 2.92. The molecule has 2 N–H and O–H groups in total. The second kappa shape index (κ2) is 12.6. The SMILES string of the molecule is CCCCCC(C)(C)CNC(=NC)NCCCc1cnn(C)c1.I. The summed E-state index contributed by atoms with van der Waals surface area (Å²) < 4.78 is 1.85. The highest BCUT2D eigenvalue weighted by molar-refractivity contribution is 14.0. The standard InChI is InChI=1S/C18H35N5.HI/c1-6-7-8-11-18(2,3)15-21-17(19-4)20-12-9-10-16-13-22-23(5)14-16;/h13-14H,6-12,15H2,1-5H3,(H2,19,20,21);1H. The van der Waals surface area contributed by atoms with Crippen molar-refractivity contribution in [2.45, 2.75) is 59.3 Å². The van der Waals surface area contributed by atoms with Crippen molar-refractivity contribution in [3.8, 4) is 0 Å². The van der Waals surface area contributed by atoms with Gasteiger partial charge in [0.25, 0.3) is 0 Å². The largest absolute Gasteiger partial charge is 0.356 e. The summed E-state index contributed by atoms with van der Waals surface area (Å²) >= 11 is 0. The Hall–Kier alpha value is -0.790. The number of unbranched alkanes of at least 4 members (excludes halogenated alkanes) is 2. The van der Waals surface area contributed by atoms with E-state index in [1.807, 2.05) is 25.0 Å². The number of halogens is 1. The molecule has 0 atom stereocenters. The Kier molecular flexibility index (Phi) is 12.1. The van der Waals surface area contributed by atoms with E-state index in [0.29, 0.717) is 5.41 Å². The number of nitrogens with zero attached hydrogens (tertiary/aromatic N) is 3. The van der Waals surface area contributed by atoms with Gasteiger partial charge in [0.05, 0.1) is 6.20 Å². The van der Waals surface area contributed by atoms with E-state index >= 15 is 0 Å². The minimum absolute atomic E-state index is 0. The molecule has 0 aromatic carbocycles. The van der Waals surface area contributed by atoms with E-state index in [1.165, 1.54) is 31.2 Å². The monoisotopic (exact) mass is 449 g/mol. The zero-order chi connectivity index (χ0) is 17.1. The Labute approximate surface area is 165 Å². The highest BCUT2D eigenvalue weighted by Gasteiger charge is 2.17. The Balaban J connectivity index is 0.00000529. The zero-order valence-electron chi connectivity index (χ0n) is 16.1. The van der Waals surface area contributed by atoms with Crippen LogP contribution in [0.25, 0.3) is 0 Å². The molecule has 0 saturated carbocycles. The summed E-state index contributed by atoms with van der Waals surface area (Å²) in [5.41, 5.74) is 1.59. The molecule has 0 radical (unpaired) electrons. The fraction of sp³-hybridized carbons (Fsp3) is 0.778. The predicted octanol–water partition coefficient (Wildman–Crippen LogP) is 3.74. The van der Waals surface area contributed by atoms with Crippen molar-refractivity contribution in [3.05, 3.63) is 18.0 Å². The van der Waals surface area contributed by atoms with Crippen molar-refractivity contribution in [3.63, 3.8) is 0 Å². The van der Waals surface area contributed by atoms with Gasteiger partial charge in [-0.2, -0.15) is 5.10 Å². The smallest absolute Gasteiger partial charge is 0.190 e. The lowest BCUT2D eigenvalue weighted by atomic mass is 9.87. The van der Waals surface area contributed by atoms with Crippen LogP contribution in [0, 0.1) is 5.41 Å². The van der Waals surface area contributed by atoms with Crippen molar-refractivity contribution >= 4 is 29.9 Å². The minimum Gasteiger partial charge on any atom is -0.356 e. The lowest BCUT2D eigenvalue weighted by molar-refractivity contribution is 0.318. The summed E-state index contributed by atoms with van der Waals surface area (Å²) in [5.74, 6) is 0.903. The number of hydrogen-bond donors (Lipinski definition) is 2. The van der Waals surface area contributed by atoms with Gasteiger partial charge in [-0.25, -0.2) is 0 Å². The Morgan fingerprint density at radius 3 is 2.58 bits per heavy atom. The Morgan fingerprint density at radius 1 is 1.25 bits per heavy atom. The van der Waals surface area contributed by atoms with Gasteiger partial charge in [0.15, 0.2) is 5.96 Å². The number of guanidine groups is 1. The first kappa shape index (κ1) is 23.2. The Morgan fingerprint density at radius 2 is 2.00 bits per heavy atom. The van der Waals surface area contributed by atoms with E-state index in [1.54, 1.807) is 0 Å². The molecular formula is C18H36IN5. The van der Waals surface area contributed by atoms with Gasteiger partial charge in [-0.1, -0.05) is 40.0 Å². The molecule has 0 bridgehead atoms. The molecule has 0 unspecified atom stereocenters. The van der Waals surface area contributed by atoms with Crippen LogP contribution in [-0.2, 0) is 13.5 Å². The van der Waals surface area contributed by atoms with Crippen LogP contribution in [0.2, 0.25) is 0 Å². The highest BCUT2D eigenvalue weighted by atomic mass is 127. The third-order valence-corrected chi connectivity index (χ3v) is 4.11. The molecule has 0 fully saturated rings. The minimum atomic E-state index is 0. The molecule has 6 heteroatoms. The molecule has 1 aromatic heterocycles. The summed E-state index contributed by atoms with van der Waals surface area (Å²) in [6.07, 6.45) is 11.3. The van der Waals surface area contributed by atoms with Crippen LogP contribution in [0.15, 0.2) is 17.4 Å². The number of aliphatic imine (C=N–C) groups is 1. The van der Waals surface area contributed by atoms with Crippen molar-refractivity contribution in [2.75, 3.05) is 20.1 Å². The lowest BCUT2D eigenvalue weighted by Crippen LogP contribution is -2.42. The molecule has 0 saturated heterocycles. The molecule has 0 aliphatic carbocycles. The molecule has 1 rings (SSSR count). The number of hydrogen-bond acceptors (Lipinski definition) is 2. The topological polar surface area (TPSA) is 54.2 Å². The molecule has 5 nitrogen and oxygen atoms in total. The molecular weight excluding hydrogens is 413 g/mol. The van der Waals surface area contributed by atoms with E-state index < -0.39 is 0 Å². The van der Waals surface area contributed by atoms with Gasteiger partial charge >= 0.3 is 0 Å². The fourth-order valence-corrected chi connectivity index (χ4v) is 2.59. The quantitative estimate of drug-likeness (QED) is 0.248. The van der Waals surface area contributed by atoms with Gasteiger partial charge in [0.1, 0.15) is 0 Å². The average molecular weight is 449 g/mol. The summed E-state index contributed by atoms with van der Waals surface area (Å²) in [7, 11) is 3.79. The first-order chi connectivity index (χ1) is 11.0. The molecule has 140 valence electrons. The molecule has 1 aromatic rings. The molecule has 0 amide bonds. The third-order valence-electron chi connectivity index (χ3n) is 4.11. The van der Waals surface area contributed by atoms with Gasteiger partial charge in [-0.3, -0.25) is 9.67 Å². The maximum atomic E-state index is 4.31. The van der Waals surface area contributed by atoms with Gasteiger partial charge < -0.3 is 10.6 Å². The van der Waals surface area contributed by atoms with E-state index in [-0.39, 0.29) is 24.0 Å². The van der Waals surface area contributed by atoms with Gasteiger partial charge in [0, 0.05) is 33.4 Å². The summed E-state index contributed by atoms with van der Waals surface area (Å²) in [6, 6.07) is 0. The summed E-state index contributed by atoms with van der Waals surface area (Å²) in [5, 5.41) is 11.1. The second-order valence-electron chi connectivity index (χ2n) is 7.10. The van der Waals surface area contributed by atoms with E-state index in [0.717, 1.165) is 31.9 Å². The summed E-state index contributed by atoms with van der Waals surface area (Å²) in [4.78, 5) is 4.31. The maximum Gasteiger partial charge on any atom is 0.190 e. The van der Waals surface area contributed by atoms with Gasteiger partial charge in [-0.05, 0) is 30.2 Å². The summed E-state index contributed by atoms with van der Waals surface area (Å²) in [6.45, 7) is 8.78. The van der Waals surface area contributed by atoms with Crippen LogP contribution in [-0.4, -0.2) is 35.9 Å². The number of nitrogens with one attached hydrogen (secondary N) is 2. The van der Waals surface area contributed by atoms with Crippen LogP contribution in [0.5, 0.6) is 0 Å². The molecule has 0 aliphatic rings. The first-order valence-corrected chi connectivity index (χ1v) is 8.89. The number of aromatic nitrogens is 2. The van der Waals surface area contributed by atoms with Crippen LogP contribution in [0.3, 0.4) is 0 Å². The Bertz CT molecular complexity index is 468. The van der Waals surface area contributed by atoms with Crippen molar-refractivity contribution in [1.82, 2.24) is 20.4 Å². The van der Waals surface area contributed by atoms with Crippen molar-refractivity contribution in [1.29, 1.82) is 0 Å². The highest BCUT2D eigenvalue weighted by Crippen LogP contribution is 2.22.